The van der Waals surface area contributed by atoms with E-state index in [1.165, 1.54) is 11.1 Å². The standard InChI is InChI=1S/C17H20N4O/c18-12-3-1-11(2-4-12)15-9-16(21(10-22)13-5-6-13)20-17-14(15)7-8-19-17/h1,7-10,12-13H,2-6,18H2,(H,19,20). The monoisotopic (exact) mass is 296 g/mol. The van der Waals surface area contributed by atoms with E-state index in [1.54, 1.807) is 4.90 Å². The smallest absolute Gasteiger partial charge is 0.215 e. The first kappa shape index (κ1) is 13.5. The molecule has 5 nitrogen and oxygen atoms in total. The molecule has 0 spiro atoms. The lowest BCUT2D eigenvalue weighted by molar-refractivity contribution is -0.107. The van der Waals surface area contributed by atoms with Crippen LogP contribution in [-0.2, 0) is 4.79 Å². The number of hydrogen-bond donors (Lipinski definition) is 2. The van der Waals surface area contributed by atoms with Crippen LogP contribution in [0.2, 0.25) is 0 Å². The van der Waals surface area contributed by atoms with Crippen LogP contribution in [-0.4, -0.2) is 28.5 Å². The Bertz CT molecular complexity index is 744. The van der Waals surface area contributed by atoms with Gasteiger partial charge in [0.05, 0.1) is 0 Å². The first-order valence-corrected chi connectivity index (χ1v) is 7.93. The molecule has 114 valence electrons. The highest BCUT2D eigenvalue weighted by Crippen LogP contribution is 2.35. The van der Waals surface area contributed by atoms with Crippen molar-refractivity contribution in [2.45, 2.75) is 44.2 Å². The molecule has 0 aromatic carbocycles. The van der Waals surface area contributed by atoms with Gasteiger partial charge in [0.2, 0.25) is 6.41 Å². The Morgan fingerprint density at radius 3 is 2.91 bits per heavy atom. The number of carbonyl (C=O) groups is 1. The zero-order valence-electron chi connectivity index (χ0n) is 12.5. The highest BCUT2D eigenvalue weighted by molar-refractivity contribution is 5.93. The quantitative estimate of drug-likeness (QED) is 0.852. The van der Waals surface area contributed by atoms with Gasteiger partial charge in [-0.25, -0.2) is 4.98 Å². The van der Waals surface area contributed by atoms with E-state index in [-0.39, 0.29) is 6.04 Å². The van der Waals surface area contributed by atoms with Crippen LogP contribution in [0.3, 0.4) is 0 Å². The minimum absolute atomic E-state index is 0.268. The summed E-state index contributed by atoms with van der Waals surface area (Å²) in [5.41, 5.74) is 9.34. The number of aromatic amines is 1. The van der Waals surface area contributed by atoms with Gasteiger partial charge in [0.15, 0.2) is 0 Å². The third kappa shape index (κ3) is 2.31. The fourth-order valence-electron chi connectivity index (χ4n) is 3.20. The zero-order valence-corrected chi connectivity index (χ0v) is 12.5. The Morgan fingerprint density at radius 2 is 2.23 bits per heavy atom. The first-order chi connectivity index (χ1) is 10.8. The van der Waals surface area contributed by atoms with Gasteiger partial charge in [-0.2, -0.15) is 0 Å². The second-order valence-corrected chi connectivity index (χ2v) is 6.28. The van der Waals surface area contributed by atoms with Crippen molar-refractivity contribution in [2.24, 2.45) is 5.73 Å². The summed E-state index contributed by atoms with van der Waals surface area (Å²) in [6.45, 7) is 0. The van der Waals surface area contributed by atoms with Crippen LogP contribution in [0.15, 0.2) is 24.4 Å². The molecule has 2 heterocycles. The summed E-state index contributed by atoms with van der Waals surface area (Å²) in [7, 11) is 0. The minimum atomic E-state index is 0.268. The van der Waals surface area contributed by atoms with Crippen LogP contribution in [0.4, 0.5) is 5.82 Å². The molecule has 2 aromatic heterocycles. The Morgan fingerprint density at radius 1 is 1.36 bits per heavy atom. The molecule has 2 aliphatic carbocycles. The molecule has 1 saturated carbocycles. The van der Waals surface area contributed by atoms with Crippen molar-refractivity contribution in [1.29, 1.82) is 0 Å². The highest BCUT2D eigenvalue weighted by atomic mass is 16.1. The van der Waals surface area contributed by atoms with E-state index in [1.807, 2.05) is 6.20 Å². The largest absolute Gasteiger partial charge is 0.346 e. The van der Waals surface area contributed by atoms with Gasteiger partial charge in [-0.05, 0) is 55.4 Å². The number of nitrogens with two attached hydrogens (primary N) is 1. The molecule has 3 N–H and O–H groups in total. The predicted molar refractivity (Wildman–Crippen MR) is 87.5 cm³/mol. The normalized spacial score (nSPS) is 21.7. The lowest BCUT2D eigenvalue weighted by atomic mass is 9.90. The lowest BCUT2D eigenvalue weighted by Crippen LogP contribution is -2.25. The van der Waals surface area contributed by atoms with E-state index in [4.69, 9.17) is 5.73 Å². The predicted octanol–water partition coefficient (Wildman–Crippen LogP) is 2.58. The van der Waals surface area contributed by atoms with Gasteiger partial charge >= 0.3 is 0 Å². The molecular formula is C17H20N4O. The van der Waals surface area contributed by atoms with Gasteiger partial charge in [0.25, 0.3) is 0 Å². The van der Waals surface area contributed by atoms with Crippen LogP contribution in [0, 0.1) is 0 Å². The molecule has 2 aromatic rings. The molecule has 0 radical (unpaired) electrons. The van der Waals surface area contributed by atoms with Crippen LogP contribution >= 0.6 is 0 Å². The molecule has 1 unspecified atom stereocenters. The number of allylic oxidation sites excluding steroid dienone is 1. The van der Waals surface area contributed by atoms with Crippen molar-refractivity contribution in [1.82, 2.24) is 9.97 Å². The Kier molecular flexibility index (Phi) is 3.22. The zero-order chi connectivity index (χ0) is 15.1. The number of amides is 1. The van der Waals surface area contributed by atoms with Crippen LogP contribution in [0.5, 0.6) is 0 Å². The maximum Gasteiger partial charge on any atom is 0.215 e. The first-order valence-electron chi connectivity index (χ1n) is 7.93. The summed E-state index contributed by atoms with van der Waals surface area (Å²) in [6, 6.07) is 4.70. The summed E-state index contributed by atoms with van der Waals surface area (Å²) in [5, 5.41) is 1.12. The number of aromatic nitrogens is 2. The Balaban J connectivity index is 1.82. The summed E-state index contributed by atoms with van der Waals surface area (Å²) >= 11 is 0. The van der Waals surface area contributed by atoms with Gasteiger partial charge in [-0.15, -0.1) is 0 Å². The molecule has 1 fully saturated rings. The molecule has 0 aliphatic heterocycles. The average Bonchev–Trinajstić information content (AvgIpc) is 3.25. The molecule has 1 amide bonds. The molecular weight excluding hydrogens is 276 g/mol. The number of hydrogen-bond acceptors (Lipinski definition) is 3. The van der Waals surface area contributed by atoms with Gasteiger partial charge in [-0.3, -0.25) is 9.69 Å². The van der Waals surface area contributed by atoms with Gasteiger partial charge in [0.1, 0.15) is 11.5 Å². The number of rotatable bonds is 4. The molecule has 1 atom stereocenters. The minimum Gasteiger partial charge on any atom is -0.346 e. The van der Waals surface area contributed by atoms with Crippen molar-refractivity contribution in [3.8, 4) is 0 Å². The topological polar surface area (TPSA) is 75.0 Å². The second-order valence-electron chi connectivity index (χ2n) is 6.28. The number of anilines is 1. The SMILES string of the molecule is NC1CC=C(c2cc(N(C=O)C3CC3)nc3[nH]ccc23)CC1. The van der Waals surface area contributed by atoms with Crippen LogP contribution in [0.1, 0.15) is 37.7 Å². The molecule has 0 bridgehead atoms. The highest BCUT2D eigenvalue weighted by Gasteiger charge is 2.30. The van der Waals surface area contributed by atoms with Crippen molar-refractivity contribution in [2.75, 3.05) is 4.90 Å². The van der Waals surface area contributed by atoms with E-state index in [2.05, 4.69) is 28.2 Å². The Labute approximate surface area is 129 Å². The summed E-state index contributed by atoms with van der Waals surface area (Å²) in [6.07, 6.45) is 10.1. The molecule has 22 heavy (non-hydrogen) atoms. The maximum absolute atomic E-state index is 11.4. The van der Waals surface area contributed by atoms with Gasteiger partial charge < -0.3 is 10.7 Å². The lowest BCUT2D eigenvalue weighted by Gasteiger charge is -2.21. The number of nitrogens with zero attached hydrogens (tertiary/aromatic N) is 2. The Hall–Kier alpha value is -2.14. The summed E-state index contributed by atoms with van der Waals surface area (Å²) in [4.78, 5) is 21.0. The third-order valence-electron chi connectivity index (χ3n) is 4.63. The van der Waals surface area contributed by atoms with Crippen LogP contribution < -0.4 is 10.6 Å². The third-order valence-corrected chi connectivity index (χ3v) is 4.63. The van der Waals surface area contributed by atoms with Crippen molar-refractivity contribution in [3.05, 3.63) is 30.0 Å². The maximum atomic E-state index is 11.4. The van der Waals surface area contributed by atoms with Gasteiger partial charge in [0, 0.05) is 23.7 Å². The number of H-pyrrole nitrogens is 1. The fourth-order valence-corrected chi connectivity index (χ4v) is 3.20. The molecule has 5 heteroatoms. The van der Waals surface area contributed by atoms with E-state index < -0.39 is 0 Å². The van der Waals surface area contributed by atoms with Crippen molar-refractivity contribution >= 4 is 28.8 Å². The number of nitrogens with one attached hydrogen (secondary N) is 1. The number of fused-ring (bicyclic) bond motifs is 1. The second kappa shape index (κ2) is 5.25. The fraction of sp³-hybridized carbons (Fsp3) is 0.412. The van der Waals surface area contributed by atoms with E-state index in [9.17, 15) is 4.79 Å². The molecule has 0 saturated heterocycles. The number of carbonyl (C=O) groups excluding carboxylic acids is 1. The number of pyridine rings is 1. The summed E-state index contributed by atoms with van der Waals surface area (Å²) < 4.78 is 0. The molecule has 2 aliphatic rings. The average molecular weight is 296 g/mol. The van der Waals surface area contributed by atoms with Gasteiger partial charge in [-0.1, -0.05) is 6.08 Å². The van der Waals surface area contributed by atoms with E-state index in [0.29, 0.717) is 6.04 Å². The van der Waals surface area contributed by atoms with Crippen molar-refractivity contribution in [3.63, 3.8) is 0 Å². The van der Waals surface area contributed by atoms with Crippen LogP contribution in [0.25, 0.3) is 16.6 Å². The molecule has 4 rings (SSSR count). The van der Waals surface area contributed by atoms with E-state index >= 15 is 0 Å². The van der Waals surface area contributed by atoms with Crippen molar-refractivity contribution < 1.29 is 4.79 Å². The summed E-state index contributed by atoms with van der Waals surface area (Å²) in [5.74, 6) is 0.748. The van der Waals surface area contributed by atoms with E-state index in [0.717, 1.165) is 55.4 Å².